The highest BCUT2D eigenvalue weighted by Crippen LogP contribution is 2.34. The Morgan fingerprint density at radius 3 is 1.30 bits per heavy atom. The summed E-state index contributed by atoms with van der Waals surface area (Å²) in [7, 11) is 0. The predicted molar refractivity (Wildman–Crippen MR) is 170 cm³/mol. The van der Waals surface area contributed by atoms with Gasteiger partial charge in [0, 0.05) is 74.4 Å². The van der Waals surface area contributed by atoms with Crippen molar-refractivity contribution in [3.63, 3.8) is 0 Å². The third-order valence-electron chi connectivity index (χ3n) is 11.3. The molecule has 0 bridgehead atoms. The zero-order chi connectivity index (χ0) is 27.4. The Kier molecular flexibility index (Phi) is 8.45. The first-order valence-electron chi connectivity index (χ1n) is 16.5. The normalized spacial score (nSPS) is 25.7. The van der Waals surface area contributed by atoms with Crippen molar-refractivity contribution in [3.05, 3.63) is 48.5 Å². The predicted octanol–water partition coefficient (Wildman–Crippen LogP) is 5.49. The van der Waals surface area contributed by atoms with E-state index in [2.05, 4.69) is 58.3 Å². The molecule has 6 nitrogen and oxygen atoms in total. The Balaban J connectivity index is 0.966. The molecular formula is C34H54N6+2. The molecule has 4 aliphatic rings. The first kappa shape index (κ1) is 27.7. The second-order valence-corrected chi connectivity index (χ2v) is 13.6. The molecule has 0 aliphatic carbocycles. The zero-order valence-corrected chi connectivity index (χ0v) is 24.9. The molecule has 0 aromatic heterocycles. The van der Waals surface area contributed by atoms with E-state index in [4.69, 9.17) is 11.5 Å². The summed E-state index contributed by atoms with van der Waals surface area (Å²) >= 11 is 0. The smallest absolute Gasteiger partial charge is 0.108 e. The lowest BCUT2D eigenvalue weighted by atomic mass is 10.1. The summed E-state index contributed by atoms with van der Waals surface area (Å²) in [5, 5.41) is 0. The van der Waals surface area contributed by atoms with Gasteiger partial charge in [-0.05, 0) is 74.2 Å². The zero-order valence-electron chi connectivity index (χ0n) is 24.9. The van der Waals surface area contributed by atoms with E-state index in [1.165, 1.54) is 150 Å². The van der Waals surface area contributed by atoms with Crippen molar-refractivity contribution in [1.82, 2.24) is 0 Å². The van der Waals surface area contributed by atoms with Crippen LogP contribution in [0.2, 0.25) is 0 Å². The number of hydrogen-bond donors (Lipinski definition) is 2. The number of quaternary nitrogens is 2. The summed E-state index contributed by atoms with van der Waals surface area (Å²) in [5.41, 5.74) is 16.3. The van der Waals surface area contributed by atoms with Crippen LogP contribution in [0.3, 0.4) is 0 Å². The quantitative estimate of drug-likeness (QED) is 0.222. The largest absolute Gasteiger partial charge is 0.399 e. The van der Waals surface area contributed by atoms with Gasteiger partial charge in [0.1, 0.15) is 12.1 Å². The van der Waals surface area contributed by atoms with Crippen LogP contribution in [0.5, 0.6) is 0 Å². The molecule has 2 atom stereocenters. The van der Waals surface area contributed by atoms with Crippen LogP contribution < -0.4 is 21.3 Å². The van der Waals surface area contributed by atoms with Crippen LogP contribution in [-0.2, 0) is 0 Å². The van der Waals surface area contributed by atoms with Crippen molar-refractivity contribution in [2.24, 2.45) is 0 Å². The molecule has 2 unspecified atom stereocenters. The number of likely N-dealkylation sites (tertiary alicyclic amines) is 2. The molecule has 0 radical (unpaired) electrons. The van der Waals surface area contributed by atoms with Crippen molar-refractivity contribution >= 4 is 22.7 Å². The molecule has 2 aromatic carbocycles. The second kappa shape index (κ2) is 12.2. The summed E-state index contributed by atoms with van der Waals surface area (Å²) in [6, 6.07) is 18.7. The van der Waals surface area contributed by atoms with E-state index < -0.39 is 0 Å². The van der Waals surface area contributed by atoms with Crippen LogP contribution in [-0.4, -0.2) is 86.5 Å². The summed E-state index contributed by atoms with van der Waals surface area (Å²) in [6.07, 6.45) is 14.0. The lowest BCUT2D eigenvalue weighted by Crippen LogP contribution is -2.55. The fraction of sp³-hybridized carbons (Fsp3) is 0.647. The lowest BCUT2D eigenvalue weighted by Gasteiger charge is -2.41. The maximum absolute atomic E-state index is 5.94. The van der Waals surface area contributed by atoms with E-state index in [0.717, 1.165) is 23.5 Å². The van der Waals surface area contributed by atoms with Gasteiger partial charge in [-0.3, -0.25) is 0 Å². The van der Waals surface area contributed by atoms with Crippen LogP contribution in [0.15, 0.2) is 48.5 Å². The van der Waals surface area contributed by atoms with Crippen LogP contribution in [0, 0.1) is 0 Å². The highest BCUT2D eigenvalue weighted by atomic mass is 15.4. The minimum Gasteiger partial charge on any atom is -0.399 e. The Morgan fingerprint density at radius 1 is 0.550 bits per heavy atom. The number of hydrogen-bond acceptors (Lipinski definition) is 4. The van der Waals surface area contributed by atoms with Gasteiger partial charge in [-0.25, -0.2) is 0 Å². The molecule has 2 aromatic rings. The SMILES string of the molecule is Nc1ccc(N2CCC([N+]3(CCCCCC[N+]4(C5CCN(c6ccc(N)cc6)C5)CCCC4)CCCC3)C2)cc1. The Labute approximate surface area is 243 Å². The van der Waals surface area contributed by atoms with Crippen LogP contribution in [0.25, 0.3) is 0 Å². The van der Waals surface area contributed by atoms with Gasteiger partial charge < -0.3 is 30.2 Å². The van der Waals surface area contributed by atoms with E-state index >= 15 is 0 Å². The van der Waals surface area contributed by atoms with Gasteiger partial charge >= 0.3 is 0 Å². The average molecular weight is 547 g/mol. The van der Waals surface area contributed by atoms with Gasteiger partial charge in [-0.15, -0.1) is 0 Å². The number of unbranched alkanes of at least 4 members (excludes halogenated alkanes) is 3. The first-order valence-corrected chi connectivity index (χ1v) is 16.5. The van der Waals surface area contributed by atoms with Crippen LogP contribution in [0.4, 0.5) is 22.7 Å². The topological polar surface area (TPSA) is 58.5 Å². The van der Waals surface area contributed by atoms with E-state index in [-0.39, 0.29) is 0 Å². The van der Waals surface area contributed by atoms with Gasteiger partial charge in [0.05, 0.1) is 52.4 Å². The van der Waals surface area contributed by atoms with Crippen LogP contribution >= 0.6 is 0 Å². The maximum atomic E-state index is 5.94. The molecule has 0 saturated carbocycles. The summed E-state index contributed by atoms with van der Waals surface area (Å²) in [6.45, 7) is 13.3. The molecule has 6 heteroatoms. The van der Waals surface area contributed by atoms with Crippen molar-refractivity contribution in [3.8, 4) is 0 Å². The standard InChI is InChI=1S/C34H54N6/c35-29-9-13-31(14-10-29)37-19-17-33(27-37)39(23-5-6-24-39)21-3-1-2-4-22-40(25-7-8-26-40)34-18-20-38(28-34)32-15-11-30(36)12-16-32/h9-16,33-34H,1-8,17-28,35-36H2/q+2. The van der Waals surface area contributed by atoms with Crippen molar-refractivity contribution < 1.29 is 8.97 Å². The van der Waals surface area contributed by atoms with Gasteiger partial charge in [0.25, 0.3) is 0 Å². The number of rotatable bonds is 11. The van der Waals surface area contributed by atoms with Gasteiger partial charge in [-0.1, -0.05) is 0 Å². The molecule has 4 aliphatic heterocycles. The van der Waals surface area contributed by atoms with Gasteiger partial charge in [0.15, 0.2) is 0 Å². The Hall–Kier alpha value is -2.44. The number of benzene rings is 2. The van der Waals surface area contributed by atoms with Gasteiger partial charge in [-0.2, -0.15) is 0 Å². The summed E-state index contributed by atoms with van der Waals surface area (Å²) in [5.74, 6) is 0. The van der Waals surface area contributed by atoms with Crippen molar-refractivity contribution in [2.75, 3.05) is 86.7 Å². The highest BCUT2D eigenvalue weighted by Gasteiger charge is 2.44. The number of nitrogens with zero attached hydrogens (tertiary/aromatic N) is 4. The molecule has 4 heterocycles. The number of nitrogen functional groups attached to an aromatic ring is 2. The first-order chi connectivity index (χ1) is 19.6. The Bertz CT molecular complexity index is 983. The van der Waals surface area contributed by atoms with Crippen molar-refractivity contribution in [2.45, 2.75) is 76.3 Å². The summed E-state index contributed by atoms with van der Waals surface area (Å²) < 4.78 is 2.79. The third kappa shape index (κ3) is 5.94. The van der Waals surface area contributed by atoms with E-state index in [0.29, 0.717) is 0 Å². The molecule has 6 rings (SSSR count). The Morgan fingerprint density at radius 2 is 0.925 bits per heavy atom. The molecule has 4 fully saturated rings. The van der Waals surface area contributed by atoms with Crippen LogP contribution in [0.1, 0.15) is 64.2 Å². The lowest BCUT2D eigenvalue weighted by molar-refractivity contribution is -0.938. The minimum absolute atomic E-state index is 0.810. The minimum atomic E-state index is 0.810. The number of nitrogens with two attached hydrogens (primary N) is 2. The fourth-order valence-electron chi connectivity index (χ4n) is 8.90. The third-order valence-corrected chi connectivity index (χ3v) is 11.3. The van der Waals surface area contributed by atoms with E-state index in [1.54, 1.807) is 0 Å². The molecule has 0 amide bonds. The average Bonchev–Trinajstić information content (AvgIpc) is 3.79. The van der Waals surface area contributed by atoms with E-state index in [9.17, 15) is 0 Å². The van der Waals surface area contributed by atoms with Gasteiger partial charge in [0.2, 0.25) is 0 Å². The maximum Gasteiger partial charge on any atom is 0.108 e. The highest BCUT2D eigenvalue weighted by molar-refractivity contribution is 5.54. The van der Waals surface area contributed by atoms with E-state index in [1.807, 2.05) is 0 Å². The second-order valence-electron chi connectivity index (χ2n) is 13.6. The molecule has 4 saturated heterocycles. The molecule has 4 N–H and O–H groups in total. The summed E-state index contributed by atoms with van der Waals surface area (Å²) in [4.78, 5) is 5.22. The fourth-order valence-corrected chi connectivity index (χ4v) is 8.90. The molecule has 0 spiro atoms. The van der Waals surface area contributed by atoms with Crippen molar-refractivity contribution in [1.29, 1.82) is 0 Å². The molecule has 218 valence electrons. The molecule has 40 heavy (non-hydrogen) atoms. The number of anilines is 4. The monoisotopic (exact) mass is 546 g/mol. The molecular weight excluding hydrogens is 492 g/mol.